The van der Waals surface area contributed by atoms with Crippen LogP contribution in [0, 0.1) is 0 Å². The molecule has 1 aliphatic heterocycles. The van der Waals surface area contributed by atoms with Gasteiger partial charge in [-0.1, -0.05) is 18.2 Å². The number of nitrogens with zero attached hydrogens (tertiary/aromatic N) is 3. The lowest BCUT2D eigenvalue weighted by molar-refractivity contribution is 0.215. The van der Waals surface area contributed by atoms with Crippen LogP contribution in [-0.4, -0.2) is 60.2 Å². The molecule has 0 aliphatic carbocycles. The molecular weight excluding hydrogens is 338 g/mol. The summed E-state index contributed by atoms with van der Waals surface area (Å²) in [7, 11) is -3.23. The number of hydrogen-bond acceptors (Lipinski definition) is 5. The largest absolute Gasteiger partial charge is 0.394 e. The van der Waals surface area contributed by atoms with E-state index in [-0.39, 0.29) is 12.4 Å². The number of likely N-dealkylation sites (tertiary alicyclic amines) is 1. The summed E-state index contributed by atoms with van der Waals surface area (Å²) < 4.78 is 26.6. The monoisotopic (exact) mass is 363 g/mol. The summed E-state index contributed by atoms with van der Waals surface area (Å²) in [6.07, 6.45) is 4.01. The molecule has 7 heteroatoms. The summed E-state index contributed by atoms with van der Waals surface area (Å²) in [5.74, 6) is 0.469. The van der Waals surface area contributed by atoms with Crippen LogP contribution >= 0.6 is 0 Å². The molecule has 1 N–H and O–H groups in total. The van der Waals surface area contributed by atoms with E-state index in [1.165, 1.54) is 0 Å². The predicted molar refractivity (Wildman–Crippen MR) is 96.2 cm³/mol. The molecule has 3 rings (SSSR count). The highest BCUT2D eigenvalue weighted by molar-refractivity contribution is 7.91. The Labute approximate surface area is 149 Å². The minimum absolute atomic E-state index is 0.0786. The number of piperidine rings is 1. The number of aliphatic hydroxyl groups is 1. The molecule has 1 fully saturated rings. The number of sulfone groups is 1. The average molecular weight is 363 g/mol. The number of rotatable bonds is 7. The first kappa shape index (κ1) is 18.1. The van der Waals surface area contributed by atoms with Gasteiger partial charge in [0, 0.05) is 25.2 Å². The first-order chi connectivity index (χ1) is 12.1. The van der Waals surface area contributed by atoms with Crippen LogP contribution in [0.25, 0.3) is 0 Å². The van der Waals surface area contributed by atoms with Crippen molar-refractivity contribution in [1.82, 2.24) is 14.7 Å². The third-order valence-electron chi connectivity index (χ3n) is 4.69. The average Bonchev–Trinajstić information content (AvgIpc) is 3.10. The molecule has 0 bridgehead atoms. The minimum atomic E-state index is -3.23. The fraction of sp³-hybridized carbons (Fsp3) is 0.500. The zero-order valence-electron chi connectivity index (χ0n) is 14.3. The molecule has 1 atom stereocenters. The van der Waals surface area contributed by atoms with Gasteiger partial charge >= 0.3 is 0 Å². The number of benzene rings is 1. The van der Waals surface area contributed by atoms with Gasteiger partial charge < -0.3 is 10.0 Å². The first-order valence-corrected chi connectivity index (χ1v) is 10.4. The third-order valence-corrected chi connectivity index (χ3v) is 6.40. The van der Waals surface area contributed by atoms with Gasteiger partial charge in [-0.2, -0.15) is 5.10 Å². The Bertz CT molecular complexity index is 774. The Hall–Kier alpha value is -1.70. The number of hydrogen-bond donors (Lipinski definition) is 1. The SMILES string of the molecule is O=S(=O)(CCN1CCC[C@H](c2ccn(CCO)n2)C1)c1ccccc1. The molecule has 1 aromatic heterocycles. The van der Waals surface area contributed by atoms with Crippen LogP contribution in [0.2, 0.25) is 0 Å². The second-order valence-corrected chi connectivity index (χ2v) is 8.61. The van der Waals surface area contributed by atoms with Gasteiger partial charge in [0.1, 0.15) is 0 Å². The first-order valence-electron chi connectivity index (χ1n) is 8.73. The van der Waals surface area contributed by atoms with Crippen molar-refractivity contribution in [1.29, 1.82) is 0 Å². The van der Waals surface area contributed by atoms with Crippen molar-refractivity contribution >= 4 is 9.84 Å². The smallest absolute Gasteiger partial charge is 0.179 e. The van der Waals surface area contributed by atoms with E-state index < -0.39 is 9.84 Å². The fourth-order valence-electron chi connectivity index (χ4n) is 3.32. The summed E-state index contributed by atoms with van der Waals surface area (Å²) in [5.41, 5.74) is 1.03. The second-order valence-electron chi connectivity index (χ2n) is 6.50. The highest BCUT2D eigenvalue weighted by atomic mass is 32.2. The maximum Gasteiger partial charge on any atom is 0.179 e. The summed E-state index contributed by atoms with van der Waals surface area (Å²) in [6, 6.07) is 10.7. The molecule has 0 unspecified atom stereocenters. The van der Waals surface area contributed by atoms with Gasteiger partial charge in [-0.15, -0.1) is 0 Å². The topological polar surface area (TPSA) is 75.4 Å². The molecule has 2 aromatic rings. The van der Waals surface area contributed by atoms with Gasteiger partial charge in [0.15, 0.2) is 9.84 Å². The van der Waals surface area contributed by atoms with Crippen LogP contribution in [0.15, 0.2) is 47.5 Å². The van der Waals surface area contributed by atoms with E-state index in [4.69, 9.17) is 5.11 Å². The van der Waals surface area contributed by atoms with Gasteiger partial charge in [0.25, 0.3) is 0 Å². The highest BCUT2D eigenvalue weighted by Gasteiger charge is 2.24. The summed E-state index contributed by atoms with van der Waals surface area (Å²) in [5, 5.41) is 13.5. The van der Waals surface area contributed by atoms with Crippen molar-refractivity contribution in [2.45, 2.75) is 30.2 Å². The van der Waals surface area contributed by atoms with E-state index in [9.17, 15) is 8.42 Å². The van der Waals surface area contributed by atoms with Crippen molar-refractivity contribution < 1.29 is 13.5 Å². The number of aliphatic hydroxyl groups excluding tert-OH is 1. The van der Waals surface area contributed by atoms with Crippen molar-refractivity contribution in [3.05, 3.63) is 48.3 Å². The minimum Gasteiger partial charge on any atom is -0.394 e. The van der Waals surface area contributed by atoms with Crippen LogP contribution in [-0.2, 0) is 16.4 Å². The predicted octanol–water partition coefficient (Wildman–Crippen LogP) is 1.53. The Balaban J connectivity index is 1.58. The summed E-state index contributed by atoms with van der Waals surface area (Å²) in [4.78, 5) is 2.62. The number of aromatic nitrogens is 2. The van der Waals surface area contributed by atoms with Gasteiger partial charge in [-0.05, 0) is 37.6 Å². The van der Waals surface area contributed by atoms with E-state index in [1.807, 2.05) is 18.3 Å². The van der Waals surface area contributed by atoms with Crippen LogP contribution in [0.3, 0.4) is 0 Å². The van der Waals surface area contributed by atoms with Gasteiger partial charge in [-0.25, -0.2) is 8.42 Å². The molecule has 1 saturated heterocycles. The lowest BCUT2D eigenvalue weighted by Crippen LogP contribution is -2.37. The standard InChI is InChI=1S/C18H25N3O3S/c22-13-11-21-10-8-18(19-21)16-5-4-9-20(15-16)12-14-25(23,24)17-6-2-1-3-7-17/h1-3,6-8,10,16,22H,4-5,9,11-15H2/t16-/m0/s1. The lowest BCUT2D eigenvalue weighted by Gasteiger charge is -2.31. The zero-order valence-corrected chi connectivity index (χ0v) is 15.1. The Kier molecular flexibility index (Phi) is 5.88. The normalized spacial score (nSPS) is 19.2. The molecule has 1 aromatic carbocycles. The Morgan fingerprint density at radius 2 is 1.96 bits per heavy atom. The molecular formula is C18H25N3O3S. The molecule has 6 nitrogen and oxygen atoms in total. The molecule has 136 valence electrons. The van der Waals surface area contributed by atoms with Crippen LogP contribution in [0.5, 0.6) is 0 Å². The van der Waals surface area contributed by atoms with Crippen molar-refractivity contribution in [3.63, 3.8) is 0 Å². The van der Waals surface area contributed by atoms with E-state index >= 15 is 0 Å². The molecule has 2 heterocycles. The Morgan fingerprint density at radius 3 is 2.72 bits per heavy atom. The van der Waals surface area contributed by atoms with Crippen molar-refractivity contribution in [2.24, 2.45) is 0 Å². The van der Waals surface area contributed by atoms with Crippen LogP contribution in [0.4, 0.5) is 0 Å². The van der Waals surface area contributed by atoms with Gasteiger partial charge in [0.05, 0.1) is 29.5 Å². The molecule has 25 heavy (non-hydrogen) atoms. The summed E-state index contributed by atoms with van der Waals surface area (Å²) >= 11 is 0. The molecule has 0 saturated carbocycles. The van der Waals surface area contributed by atoms with E-state index in [0.29, 0.717) is 23.9 Å². The second kappa shape index (κ2) is 8.12. The van der Waals surface area contributed by atoms with Crippen molar-refractivity contribution in [3.8, 4) is 0 Å². The summed E-state index contributed by atoms with van der Waals surface area (Å²) in [6.45, 7) is 2.89. The molecule has 1 aliphatic rings. The van der Waals surface area contributed by atoms with E-state index in [1.54, 1.807) is 28.9 Å². The van der Waals surface area contributed by atoms with Crippen LogP contribution in [0.1, 0.15) is 24.5 Å². The zero-order chi connectivity index (χ0) is 17.7. The highest BCUT2D eigenvalue weighted by Crippen LogP contribution is 2.25. The molecule has 0 spiro atoms. The third kappa shape index (κ3) is 4.68. The van der Waals surface area contributed by atoms with Gasteiger partial charge in [-0.3, -0.25) is 4.68 Å². The molecule has 0 amide bonds. The maximum absolute atomic E-state index is 12.4. The van der Waals surface area contributed by atoms with Gasteiger partial charge in [0.2, 0.25) is 0 Å². The molecule has 0 radical (unpaired) electrons. The van der Waals surface area contributed by atoms with E-state index in [2.05, 4.69) is 10.00 Å². The lowest BCUT2D eigenvalue weighted by atomic mass is 9.95. The fourth-order valence-corrected chi connectivity index (χ4v) is 4.62. The Morgan fingerprint density at radius 1 is 1.16 bits per heavy atom. The quantitative estimate of drug-likeness (QED) is 0.807. The maximum atomic E-state index is 12.4. The van der Waals surface area contributed by atoms with Crippen molar-refractivity contribution in [2.75, 3.05) is 32.0 Å². The van der Waals surface area contributed by atoms with Crippen LogP contribution < -0.4 is 0 Å². The van der Waals surface area contributed by atoms with E-state index in [0.717, 1.165) is 31.6 Å².